The fourth-order valence-electron chi connectivity index (χ4n) is 1.34. The standard InChI is InChI=1S/C13H17F3N2OS/c1-8(18-20(19)12(2,3)4)9-5-10(13(14,15)16)7-11(17)6-9/h5-7H,17H2,1-4H3/b18-8+. The maximum atomic E-state index is 12.7. The lowest BCUT2D eigenvalue weighted by Gasteiger charge is -2.19. The first-order valence-corrected chi connectivity index (χ1v) is 6.97. The maximum absolute atomic E-state index is 12.7. The molecule has 1 rings (SSSR count). The van der Waals surface area contributed by atoms with Gasteiger partial charge in [0.1, 0.15) is 16.1 Å². The summed E-state index contributed by atoms with van der Waals surface area (Å²) < 4.78 is 53.4. The summed E-state index contributed by atoms with van der Waals surface area (Å²) in [5.41, 5.74) is 5.11. The van der Waals surface area contributed by atoms with E-state index in [1.165, 1.54) is 13.0 Å². The van der Waals surface area contributed by atoms with Gasteiger partial charge in [-0.2, -0.15) is 13.2 Å². The quantitative estimate of drug-likeness (QED) is 0.516. The van der Waals surface area contributed by atoms with Gasteiger partial charge in [-0.25, -0.2) is 0 Å². The van der Waals surface area contributed by atoms with Crippen molar-refractivity contribution in [3.05, 3.63) is 29.3 Å². The van der Waals surface area contributed by atoms with Gasteiger partial charge in [-0.15, -0.1) is 0 Å². The van der Waals surface area contributed by atoms with E-state index in [0.717, 1.165) is 12.1 Å². The molecule has 1 aromatic carbocycles. The number of nitrogen functional groups attached to an aromatic ring is 1. The van der Waals surface area contributed by atoms with Crippen LogP contribution in [0.2, 0.25) is 0 Å². The van der Waals surface area contributed by atoms with Crippen molar-refractivity contribution in [1.82, 2.24) is 0 Å². The van der Waals surface area contributed by atoms with Crippen LogP contribution in [0.15, 0.2) is 22.6 Å². The van der Waals surface area contributed by atoms with E-state index in [-0.39, 0.29) is 17.0 Å². The van der Waals surface area contributed by atoms with Gasteiger partial charge in [0.25, 0.3) is 0 Å². The van der Waals surface area contributed by atoms with Crippen LogP contribution in [-0.4, -0.2) is 15.0 Å². The Morgan fingerprint density at radius 3 is 2.20 bits per heavy atom. The molecule has 1 aromatic rings. The molecular weight excluding hydrogens is 289 g/mol. The summed E-state index contributed by atoms with van der Waals surface area (Å²) in [4.78, 5) is 0. The highest BCUT2D eigenvalue weighted by Crippen LogP contribution is 2.31. The molecule has 1 unspecified atom stereocenters. The number of anilines is 1. The van der Waals surface area contributed by atoms with Crippen LogP contribution < -0.4 is 5.73 Å². The SMILES string of the molecule is C/C(=N\[S+]([O-])C(C)(C)C)c1cc(N)cc(C(F)(F)F)c1. The molecule has 0 aromatic heterocycles. The van der Waals surface area contributed by atoms with Crippen molar-refractivity contribution in [3.8, 4) is 0 Å². The average Bonchev–Trinajstić information content (AvgIpc) is 2.25. The van der Waals surface area contributed by atoms with Crippen molar-refractivity contribution in [2.45, 2.75) is 38.6 Å². The lowest BCUT2D eigenvalue weighted by molar-refractivity contribution is -0.137. The molecule has 1 atom stereocenters. The molecule has 2 N–H and O–H groups in total. The Morgan fingerprint density at radius 1 is 1.20 bits per heavy atom. The largest absolute Gasteiger partial charge is 0.591 e. The first-order valence-electron chi connectivity index (χ1n) is 5.86. The van der Waals surface area contributed by atoms with Crippen LogP contribution in [0.4, 0.5) is 18.9 Å². The smallest absolute Gasteiger partial charge is 0.416 e. The first kappa shape index (κ1) is 16.8. The highest BCUT2D eigenvalue weighted by molar-refractivity contribution is 7.91. The maximum Gasteiger partial charge on any atom is 0.416 e. The summed E-state index contributed by atoms with van der Waals surface area (Å²) in [6.07, 6.45) is -4.48. The zero-order valence-electron chi connectivity index (χ0n) is 11.7. The fourth-order valence-corrected chi connectivity index (χ4v) is 1.97. The lowest BCUT2D eigenvalue weighted by atomic mass is 10.1. The number of hydrogen-bond donors (Lipinski definition) is 1. The summed E-state index contributed by atoms with van der Waals surface area (Å²) in [6, 6.07) is 3.19. The molecule has 0 spiro atoms. The van der Waals surface area contributed by atoms with Crippen LogP contribution in [0.5, 0.6) is 0 Å². The molecule has 0 amide bonds. The van der Waals surface area contributed by atoms with Crippen LogP contribution in [0, 0.1) is 0 Å². The van der Waals surface area contributed by atoms with Gasteiger partial charge in [0.15, 0.2) is 0 Å². The number of rotatable bonds is 2. The molecule has 3 nitrogen and oxygen atoms in total. The highest BCUT2D eigenvalue weighted by Gasteiger charge is 2.32. The topological polar surface area (TPSA) is 61.4 Å². The highest BCUT2D eigenvalue weighted by atomic mass is 32.2. The lowest BCUT2D eigenvalue weighted by Crippen LogP contribution is -2.26. The van der Waals surface area contributed by atoms with Crippen LogP contribution in [0.25, 0.3) is 0 Å². The van der Waals surface area contributed by atoms with E-state index in [0.29, 0.717) is 0 Å². The van der Waals surface area contributed by atoms with Crippen LogP contribution >= 0.6 is 0 Å². The average molecular weight is 306 g/mol. The van der Waals surface area contributed by atoms with E-state index >= 15 is 0 Å². The number of nitrogens with two attached hydrogens (primary N) is 1. The van der Waals surface area contributed by atoms with E-state index in [4.69, 9.17) is 5.73 Å². The Hall–Kier alpha value is -1.21. The Bertz CT molecular complexity index is 521. The van der Waals surface area contributed by atoms with E-state index in [2.05, 4.69) is 4.40 Å². The molecule has 0 saturated carbocycles. The van der Waals surface area contributed by atoms with Crippen molar-refractivity contribution in [3.63, 3.8) is 0 Å². The molecule has 0 radical (unpaired) electrons. The summed E-state index contributed by atoms with van der Waals surface area (Å²) in [6.45, 7) is 6.72. The molecular formula is C13H17F3N2OS. The van der Waals surface area contributed by atoms with E-state index < -0.39 is 27.8 Å². The Morgan fingerprint density at radius 2 is 1.75 bits per heavy atom. The third-order valence-electron chi connectivity index (χ3n) is 2.44. The zero-order valence-corrected chi connectivity index (χ0v) is 12.5. The minimum absolute atomic E-state index is 0.00841. The molecule has 112 valence electrons. The third-order valence-corrected chi connectivity index (χ3v) is 3.93. The molecule has 0 aliphatic carbocycles. The molecule has 0 fully saturated rings. The van der Waals surface area contributed by atoms with Crippen molar-refractivity contribution in [1.29, 1.82) is 0 Å². The minimum Gasteiger partial charge on any atom is -0.591 e. The molecule has 0 bridgehead atoms. The van der Waals surface area contributed by atoms with Gasteiger partial charge in [0.05, 0.1) is 11.3 Å². The zero-order chi connectivity index (χ0) is 15.7. The second-order valence-electron chi connectivity index (χ2n) is 5.38. The second-order valence-corrected chi connectivity index (χ2v) is 7.29. The van der Waals surface area contributed by atoms with Crippen LogP contribution in [0.1, 0.15) is 38.8 Å². The monoisotopic (exact) mass is 306 g/mol. The predicted molar refractivity (Wildman–Crippen MR) is 76.0 cm³/mol. The summed E-state index contributed by atoms with van der Waals surface area (Å²) in [5, 5.41) is 0. The molecule has 0 aliphatic rings. The van der Waals surface area contributed by atoms with E-state index in [1.807, 2.05) is 0 Å². The molecule has 0 saturated heterocycles. The number of hydrogen-bond acceptors (Lipinski definition) is 3. The number of alkyl halides is 3. The summed E-state index contributed by atoms with van der Waals surface area (Å²) in [5.74, 6) is 0. The van der Waals surface area contributed by atoms with Crippen molar-refractivity contribution in [2.75, 3.05) is 5.73 Å². The van der Waals surface area contributed by atoms with E-state index in [1.54, 1.807) is 20.8 Å². The van der Waals surface area contributed by atoms with Crippen molar-refractivity contribution in [2.24, 2.45) is 4.40 Å². The van der Waals surface area contributed by atoms with Gasteiger partial charge in [0.2, 0.25) is 0 Å². The van der Waals surface area contributed by atoms with Crippen LogP contribution in [-0.2, 0) is 17.5 Å². The molecule has 0 aliphatic heterocycles. The van der Waals surface area contributed by atoms with Gasteiger partial charge >= 0.3 is 6.18 Å². The van der Waals surface area contributed by atoms with E-state index in [9.17, 15) is 17.7 Å². The summed E-state index contributed by atoms with van der Waals surface area (Å²) in [7, 11) is 0. The van der Waals surface area contributed by atoms with Gasteiger partial charge in [-0.1, -0.05) is 4.40 Å². The van der Waals surface area contributed by atoms with Crippen molar-refractivity contribution >= 4 is 22.8 Å². The number of benzene rings is 1. The Kier molecular flexibility index (Phi) is 4.76. The number of nitrogens with zero attached hydrogens (tertiary/aromatic N) is 1. The van der Waals surface area contributed by atoms with Gasteiger partial charge in [-0.3, -0.25) is 0 Å². The molecule has 20 heavy (non-hydrogen) atoms. The van der Waals surface area contributed by atoms with Crippen molar-refractivity contribution < 1.29 is 17.7 Å². The summed E-state index contributed by atoms with van der Waals surface area (Å²) >= 11 is -1.54. The van der Waals surface area contributed by atoms with Gasteiger partial charge in [-0.05, 0) is 45.9 Å². The number of halogens is 3. The van der Waals surface area contributed by atoms with Gasteiger partial charge in [0, 0.05) is 11.3 Å². The Balaban J connectivity index is 3.20. The van der Waals surface area contributed by atoms with Crippen LogP contribution in [0.3, 0.4) is 0 Å². The predicted octanol–water partition coefficient (Wildman–Crippen LogP) is 3.56. The normalized spacial score (nSPS) is 15.3. The second kappa shape index (κ2) is 5.65. The Labute approximate surface area is 119 Å². The first-order chi connectivity index (χ1) is 8.91. The fraction of sp³-hybridized carbons (Fsp3) is 0.462. The van der Waals surface area contributed by atoms with Gasteiger partial charge < -0.3 is 10.3 Å². The third kappa shape index (κ3) is 4.42. The minimum atomic E-state index is -4.48. The molecule has 7 heteroatoms. The molecule has 0 heterocycles.